The third kappa shape index (κ3) is 3.98. The van der Waals surface area contributed by atoms with Crippen LogP contribution in [0.5, 0.6) is 0 Å². The Balaban J connectivity index is 2.10. The van der Waals surface area contributed by atoms with Crippen molar-refractivity contribution in [2.45, 2.75) is 36.3 Å². The van der Waals surface area contributed by atoms with Gasteiger partial charge in [0, 0.05) is 17.9 Å². The maximum Gasteiger partial charge on any atom is 0.288 e. The molecule has 0 saturated carbocycles. The molecule has 98 valence electrons. The first-order valence-corrected chi connectivity index (χ1v) is 6.98. The Bertz CT molecular complexity index is 421. The summed E-state index contributed by atoms with van der Waals surface area (Å²) in [6.45, 7) is 0.826. The molecule has 0 aromatic heterocycles. The monoisotopic (exact) mass is 270 g/mol. The summed E-state index contributed by atoms with van der Waals surface area (Å²) in [6, 6.07) is 7.13. The molecule has 1 aromatic carbocycles. The van der Waals surface area contributed by atoms with Crippen LogP contribution in [0.25, 0.3) is 0 Å². The van der Waals surface area contributed by atoms with Crippen molar-refractivity contribution in [2.75, 3.05) is 11.9 Å². The molecule has 0 spiro atoms. The molecule has 1 aliphatic heterocycles. The number of hydrogen-bond acceptors (Lipinski definition) is 3. The van der Waals surface area contributed by atoms with Gasteiger partial charge in [0.2, 0.25) is 0 Å². The van der Waals surface area contributed by atoms with Gasteiger partial charge in [-0.15, -0.1) is 0 Å². The smallest absolute Gasteiger partial charge is 0.288 e. The number of alkyl halides is 2. The van der Waals surface area contributed by atoms with Crippen LogP contribution in [0.3, 0.4) is 0 Å². The lowest BCUT2D eigenvalue weighted by Gasteiger charge is -2.12. The number of aliphatic imine (C=N–C) groups is 1. The number of hydrogen-bond donors (Lipinski definition) is 1. The molecule has 0 amide bonds. The highest BCUT2D eigenvalue weighted by molar-refractivity contribution is 7.99. The first-order chi connectivity index (χ1) is 8.75. The second-order valence-corrected chi connectivity index (χ2v) is 5.17. The van der Waals surface area contributed by atoms with E-state index >= 15 is 0 Å². The topological polar surface area (TPSA) is 24.4 Å². The lowest BCUT2D eigenvalue weighted by Crippen LogP contribution is -2.12. The predicted octanol–water partition coefficient (Wildman–Crippen LogP) is 4.39. The predicted molar refractivity (Wildman–Crippen MR) is 72.7 cm³/mol. The lowest BCUT2D eigenvalue weighted by atomic mass is 10.2. The zero-order chi connectivity index (χ0) is 12.8. The molecule has 1 heterocycles. The third-order valence-electron chi connectivity index (χ3n) is 2.76. The number of halogens is 2. The van der Waals surface area contributed by atoms with Gasteiger partial charge in [-0.05, 0) is 25.0 Å². The number of thioether (sulfide) groups is 1. The summed E-state index contributed by atoms with van der Waals surface area (Å²) in [4.78, 5) is 5.02. The van der Waals surface area contributed by atoms with Gasteiger partial charge in [0.1, 0.15) is 5.84 Å². The van der Waals surface area contributed by atoms with Crippen LogP contribution in [0.2, 0.25) is 0 Å². The molecular weight excluding hydrogens is 254 g/mol. The standard InChI is InChI=1S/C13H16F2N2S/c14-13(15)18-11-7-4-3-6-10(11)17-12-8-2-1-5-9-16-12/h3-4,6-7,13H,1-2,5,8-9H2,(H,16,17). The molecule has 2 nitrogen and oxygen atoms in total. The lowest BCUT2D eigenvalue weighted by molar-refractivity contribution is 0.252. The molecule has 1 aliphatic rings. The number of para-hydroxylation sites is 1. The van der Waals surface area contributed by atoms with Crippen molar-refractivity contribution >= 4 is 23.3 Å². The molecule has 5 heteroatoms. The molecule has 18 heavy (non-hydrogen) atoms. The van der Waals surface area contributed by atoms with Gasteiger partial charge < -0.3 is 5.32 Å². The molecule has 0 atom stereocenters. The number of anilines is 1. The molecule has 0 aliphatic carbocycles. The maximum atomic E-state index is 12.4. The van der Waals surface area contributed by atoms with Gasteiger partial charge in [-0.3, -0.25) is 4.99 Å². The number of amidine groups is 1. The third-order valence-corrected chi connectivity index (χ3v) is 3.54. The summed E-state index contributed by atoms with van der Waals surface area (Å²) in [7, 11) is 0. The molecule has 0 radical (unpaired) electrons. The van der Waals surface area contributed by atoms with E-state index in [0.29, 0.717) is 16.7 Å². The van der Waals surface area contributed by atoms with Crippen LogP contribution in [0.1, 0.15) is 25.7 Å². The molecule has 2 rings (SSSR count). The Morgan fingerprint density at radius 1 is 1.17 bits per heavy atom. The zero-order valence-electron chi connectivity index (χ0n) is 10.0. The molecular formula is C13H16F2N2S. The number of benzene rings is 1. The number of rotatable bonds is 3. The highest BCUT2D eigenvalue weighted by Crippen LogP contribution is 2.31. The minimum Gasteiger partial charge on any atom is -0.343 e. The Hall–Kier alpha value is -1.10. The summed E-state index contributed by atoms with van der Waals surface area (Å²) < 4.78 is 24.9. The second-order valence-electron chi connectivity index (χ2n) is 4.14. The van der Waals surface area contributed by atoms with Gasteiger partial charge in [-0.25, -0.2) is 0 Å². The van der Waals surface area contributed by atoms with Crippen LogP contribution in [-0.2, 0) is 0 Å². The molecule has 1 aromatic rings. The van der Waals surface area contributed by atoms with E-state index in [0.717, 1.165) is 37.3 Å². The zero-order valence-corrected chi connectivity index (χ0v) is 10.9. The second kappa shape index (κ2) is 6.73. The van der Waals surface area contributed by atoms with Gasteiger partial charge in [0.25, 0.3) is 5.76 Å². The van der Waals surface area contributed by atoms with E-state index in [9.17, 15) is 8.78 Å². The van der Waals surface area contributed by atoms with Crippen molar-refractivity contribution in [3.63, 3.8) is 0 Å². The van der Waals surface area contributed by atoms with Crippen molar-refractivity contribution in [1.29, 1.82) is 0 Å². The summed E-state index contributed by atoms with van der Waals surface area (Å²) >= 11 is 0.568. The highest BCUT2D eigenvalue weighted by atomic mass is 32.2. The SMILES string of the molecule is FC(F)Sc1ccccc1NC1=NCCCCC1. The van der Waals surface area contributed by atoms with Crippen LogP contribution in [0, 0.1) is 0 Å². The summed E-state index contributed by atoms with van der Waals surface area (Å²) in [5.41, 5.74) is 0.725. The van der Waals surface area contributed by atoms with Crippen molar-refractivity contribution in [3.05, 3.63) is 24.3 Å². The Labute approximate surface area is 110 Å². The van der Waals surface area contributed by atoms with Crippen molar-refractivity contribution in [2.24, 2.45) is 4.99 Å². The Kier molecular flexibility index (Phi) is 4.99. The van der Waals surface area contributed by atoms with E-state index < -0.39 is 5.76 Å². The molecule has 0 fully saturated rings. The van der Waals surface area contributed by atoms with Crippen LogP contribution in [0.4, 0.5) is 14.5 Å². The van der Waals surface area contributed by atoms with Gasteiger partial charge in [0.15, 0.2) is 0 Å². The fourth-order valence-electron chi connectivity index (χ4n) is 1.90. The highest BCUT2D eigenvalue weighted by Gasteiger charge is 2.11. The van der Waals surface area contributed by atoms with E-state index in [1.807, 2.05) is 12.1 Å². The van der Waals surface area contributed by atoms with E-state index in [4.69, 9.17) is 0 Å². The van der Waals surface area contributed by atoms with E-state index in [1.165, 1.54) is 6.42 Å². The normalized spacial score (nSPS) is 16.3. The largest absolute Gasteiger partial charge is 0.343 e. The van der Waals surface area contributed by atoms with Crippen LogP contribution < -0.4 is 5.32 Å². The first-order valence-electron chi connectivity index (χ1n) is 6.10. The summed E-state index contributed by atoms with van der Waals surface area (Å²) in [6.07, 6.45) is 4.30. The van der Waals surface area contributed by atoms with Crippen molar-refractivity contribution in [3.8, 4) is 0 Å². The van der Waals surface area contributed by atoms with Crippen LogP contribution in [-0.4, -0.2) is 18.1 Å². The van der Waals surface area contributed by atoms with E-state index in [1.54, 1.807) is 12.1 Å². The first kappa shape index (κ1) is 13.3. The average Bonchev–Trinajstić information content (AvgIpc) is 2.60. The number of nitrogens with zero attached hydrogens (tertiary/aromatic N) is 1. The summed E-state index contributed by atoms with van der Waals surface area (Å²) in [5.74, 6) is -1.49. The average molecular weight is 270 g/mol. The molecule has 0 unspecified atom stereocenters. The molecule has 1 N–H and O–H groups in total. The Morgan fingerprint density at radius 2 is 2.00 bits per heavy atom. The maximum absolute atomic E-state index is 12.4. The van der Waals surface area contributed by atoms with E-state index in [2.05, 4.69) is 10.3 Å². The summed E-state index contributed by atoms with van der Waals surface area (Å²) in [5, 5.41) is 3.19. The van der Waals surface area contributed by atoms with Crippen molar-refractivity contribution in [1.82, 2.24) is 0 Å². The quantitative estimate of drug-likeness (QED) is 0.824. The van der Waals surface area contributed by atoms with Crippen molar-refractivity contribution < 1.29 is 8.78 Å². The fourth-order valence-corrected chi connectivity index (χ4v) is 2.50. The molecule has 0 bridgehead atoms. The van der Waals surface area contributed by atoms with Gasteiger partial charge in [-0.2, -0.15) is 8.78 Å². The number of nitrogens with one attached hydrogen (secondary N) is 1. The van der Waals surface area contributed by atoms with Gasteiger partial charge in [0.05, 0.1) is 5.69 Å². The van der Waals surface area contributed by atoms with Crippen LogP contribution in [0.15, 0.2) is 34.2 Å². The minimum absolute atomic E-state index is 0.568. The van der Waals surface area contributed by atoms with Gasteiger partial charge in [-0.1, -0.05) is 30.3 Å². The minimum atomic E-state index is -2.40. The van der Waals surface area contributed by atoms with Crippen LogP contribution >= 0.6 is 11.8 Å². The Morgan fingerprint density at radius 3 is 2.83 bits per heavy atom. The fraction of sp³-hybridized carbons (Fsp3) is 0.462. The van der Waals surface area contributed by atoms with E-state index in [-0.39, 0.29) is 0 Å². The molecule has 0 saturated heterocycles. The van der Waals surface area contributed by atoms with Gasteiger partial charge >= 0.3 is 0 Å².